The van der Waals surface area contributed by atoms with E-state index < -0.39 is 0 Å². The molecule has 0 saturated heterocycles. The van der Waals surface area contributed by atoms with E-state index in [-0.39, 0.29) is 0 Å². The molecule has 0 bridgehead atoms. The number of nitrogens with zero attached hydrogens (tertiary/aromatic N) is 1. The van der Waals surface area contributed by atoms with Gasteiger partial charge in [0.25, 0.3) is 0 Å². The molecule has 0 fully saturated rings. The first-order valence-electron chi connectivity index (χ1n) is 10.8. The first kappa shape index (κ1) is 25.8. The topological polar surface area (TPSA) is 27.7 Å². The van der Waals surface area contributed by atoms with Gasteiger partial charge in [0.1, 0.15) is 19.6 Å². The van der Waals surface area contributed by atoms with Crippen molar-refractivity contribution < 1.29 is 18.7 Å². The quantitative estimate of drug-likeness (QED) is 0.259. The van der Waals surface area contributed by atoms with Crippen LogP contribution >= 0.6 is 0 Å². The van der Waals surface area contributed by atoms with E-state index in [4.69, 9.17) is 14.2 Å². The van der Waals surface area contributed by atoms with Crippen molar-refractivity contribution >= 4 is 0 Å². The molecule has 0 amide bonds. The van der Waals surface area contributed by atoms with Gasteiger partial charge in [-0.15, -0.1) is 0 Å². The Hall–Kier alpha value is -0.160. The van der Waals surface area contributed by atoms with E-state index in [0.29, 0.717) is 17.8 Å². The Bertz CT molecular complexity index is 260. The second-order valence-electron chi connectivity index (χ2n) is 9.18. The van der Waals surface area contributed by atoms with Gasteiger partial charge in [0.15, 0.2) is 0 Å². The molecule has 4 nitrogen and oxygen atoms in total. The minimum atomic E-state index is 0.708. The van der Waals surface area contributed by atoms with Crippen LogP contribution < -0.4 is 0 Å². The molecule has 26 heavy (non-hydrogen) atoms. The molecule has 0 spiro atoms. The predicted octanol–water partition coefficient (Wildman–Crippen LogP) is 4.62. The monoisotopic (exact) mass is 374 g/mol. The number of likely N-dealkylation sites (N-methyl/N-ethyl adjacent to an activating group) is 1. The third kappa shape index (κ3) is 17.3. The fraction of sp³-hybridized carbons (Fsp3) is 1.00. The summed E-state index contributed by atoms with van der Waals surface area (Å²) in [4.78, 5) is 0. The van der Waals surface area contributed by atoms with Crippen molar-refractivity contribution in [3.05, 3.63) is 0 Å². The van der Waals surface area contributed by atoms with Crippen molar-refractivity contribution in [1.82, 2.24) is 0 Å². The molecule has 0 N–H and O–H groups in total. The molecule has 158 valence electrons. The number of hydrogen-bond donors (Lipinski definition) is 0. The molecule has 0 aromatic rings. The Labute approximate surface area is 164 Å². The zero-order valence-electron chi connectivity index (χ0n) is 18.9. The number of ether oxygens (including phenoxy) is 3. The number of quaternary nitrogens is 1. The van der Waals surface area contributed by atoms with Crippen LogP contribution in [-0.2, 0) is 14.2 Å². The summed E-state index contributed by atoms with van der Waals surface area (Å²) in [5.74, 6) is 2.12. The van der Waals surface area contributed by atoms with Crippen molar-refractivity contribution in [3.63, 3.8) is 0 Å². The van der Waals surface area contributed by atoms with Crippen LogP contribution in [0.25, 0.3) is 0 Å². The highest BCUT2D eigenvalue weighted by molar-refractivity contribution is 4.47. The number of hydrogen-bond acceptors (Lipinski definition) is 3. The van der Waals surface area contributed by atoms with Gasteiger partial charge < -0.3 is 18.7 Å². The first-order valence-corrected chi connectivity index (χ1v) is 10.8. The molecule has 0 radical (unpaired) electrons. The highest BCUT2D eigenvalue weighted by Gasteiger charge is 2.21. The van der Waals surface area contributed by atoms with Crippen molar-refractivity contribution in [2.75, 3.05) is 66.3 Å². The van der Waals surface area contributed by atoms with E-state index in [1.54, 1.807) is 0 Å². The van der Waals surface area contributed by atoms with Gasteiger partial charge in [-0.1, -0.05) is 41.5 Å². The molecule has 0 atom stereocenters. The Morgan fingerprint density at radius 1 is 0.500 bits per heavy atom. The average Bonchev–Trinajstić information content (AvgIpc) is 2.53. The van der Waals surface area contributed by atoms with E-state index in [2.05, 4.69) is 48.6 Å². The van der Waals surface area contributed by atoms with Gasteiger partial charge in [-0.3, -0.25) is 0 Å². The first-order chi connectivity index (χ1) is 12.2. The van der Waals surface area contributed by atoms with Gasteiger partial charge in [-0.2, -0.15) is 0 Å². The second-order valence-corrected chi connectivity index (χ2v) is 9.18. The van der Waals surface area contributed by atoms with Crippen LogP contribution in [0.3, 0.4) is 0 Å². The SMILES string of the molecule is CC(C)CCOCC[N+](C)(CCOCCC(C)C)CCOCCC(C)C. The van der Waals surface area contributed by atoms with Crippen molar-refractivity contribution in [2.24, 2.45) is 17.8 Å². The maximum atomic E-state index is 5.86. The highest BCUT2D eigenvalue weighted by atomic mass is 16.5. The molecule has 4 heteroatoms. The van der Waals surface area contributed by atoms with Crippen molar-refractivity contribution in [3.8, 4) is 0 Å². The molecule has 0 saturated carbocycles. The fourth-order valence-corrected chi connectivity index (χ4v) is 2.45. The van der Waals surface area contributed by atoms with E-state index in [0.717, 1.165) is 83.0 Å². The van der Waals surface area contributed by atoms with Crippen LogP contribution in [0, 0.1) is 17.8 Å². The Morgan fingerprint density at radius 2 is 0.769 bits per heavy atom. The maximum Gasteiger partial charge on any atom is 0.102 e. The van der Waals surface area contributed by atoms with E-state index >= 15 is 0 Å². The Kier molecular flexibility index (Phi) is 15.8. The molecule has 0 aliphatic carbocycles. The number of rotatable bonds is 18. The average molecular weight is 375 g/mol. The summed E-state index contributed by atoms with van der Waals surface area (Å²) in [6.45, 7) is 21.6. The second kappa shape index (κ2) is 15.9. The standard InChI is InChI=1S/C22H48NO3/c1-20(2)8-14-24-17-11-23(7,12-18-25-15-9-21(3)4)13-19-26-16-10-22(5)6/h20-22H,8-19H2,1-7H3/q+1. The van der Waals surface area contributed by atoms with E-state index in [1.165, 1.54) is 0 Å². The lowest BCUT2D eigenvalue weighted by molar-refractivity contribution is -0.910. The summed E-state index contributed by atoms with van der Waals surface area (Å²) < 4.78 is 18.5. The minimum absolute atomic E-state index is 0.708. The van der Waals surface area contributed by atoms with Crippen LogP contribution in [0.15, 0.2) is 0 Å². The van der Waals surface area contributed by atoms with Crippen molar-refractivity contribution in [2.45, 2.75) is 60.8 Å². The van der Waals surface area contributed by atoms with Crippen LogP contribution in [0.5, 0.6) is 0 Å². The molecule has 0 aromatic heterocycles. The minimum Gasteiger partial charge on any atom is -0.376 e. The third-order valence-corrected chi connectivity index (χ3v) is 4.84. The molecule has 0 heterocycles. The Morgan fingerprint density at radius 3 is 1.00 bits per heavy atom. The summed E-state index contributed by atoms with van der Waals surface area (Å²) in [7, 11) is 2.31. The summed E-state index contributed by atoms with van der Waals surface area (Å²) in [5.41, 5.74) is 0. The summed E-state index contributed by atoms with van der Waals surface area (Å²) in [6.07, 6.45) is 3.42. The van der Waals surface area contributed by atoms with E-state index in [1.807, 2.05) is 0 Å². The summed E-state index contributed by atoms with van der Waals surface area (Å²) in [5, 5.41) is 0. The summed E-state index contributed by atoms with van der Waals surface area (Å²) in [6, 6.07) is 0. The van der Waals surface area contributed by atoms with Crippen LogP contribution in [0.1, 0.15) is 60.8 Å². The zero-order chi connectivity index (χ0) is 19.8. The van der Waals surface area contributed by atoms with Crippen molar-refractivity contribution in [1.29, 1.82) is 0 Å². The largest absolute Gasteiger partial charge is 0.376 e. The fourth-order valence-electron chi connectivity index (χ4n) is 2.45. The molecule has 0 rings (SSSR count). The molecule has 0 unspecified atom stereocenters. The maximum absolute atomic E-state index is 5.86. The molecular weight excluding hydrogens is 326 g/mol. The predicted molar refractivity (Wildman–Crippen MR) is 112 cm³/mol. The van der Waals surface area contributed by atoms with Crippen LogP contribution in [-0.4, -0.2) is 70.8 Å². The van der Waals surface area contributed by atoms with E-state index in [9.17, 15) is 0 Å². The molecule has 0 aromatic carbocycles. The van der Waals surface area contributed by atoms with Gasteiger partial charge in [0, 0.05) is 19.8 Å². The van der Waals surface area contributed by atoms with Gasteiger partial charge in [0.05, 0.1) is 26.9 Å². The smallest absolute Gasteiger partial charge is 0.102 e. The molecule has 0 aliphatic heterocycles. The van der Waals surface area contributed by atoms with Gasteiger partial charge in [-0.25, -0.2) is 0 Å². The lowest BCUT2D eigenvalue weighted by Gasteiger charge is -2.34. The Balaban J connectivity index is 4.14. The van der Waals surface area contributed by atoms with Crippen LogP contribution in [0.2, 0.25) is 0 Å². The molecular formula is C22H48NO3+. The highest BCUT2D eigenvalue weighted by Crippen LogP contribution is 2.06. The normalized spacial score (nSPS) is 12.7. The zero-order valence-corrected chi connectivity index (χ0v) is 18.9. The lowest BCUT2D eigenvalue weighted by Crippen LogP contribution is -2.50. The lowest BCUT2D eigenvalue weighted by atomic mass is 10.1. The van der Waals surface area contributed by atoms with Gasteiger partial charge in [-0.05, 0) is 37.0 Å². The third-order valence-electron chi connectivity index (χ3n) is 4.84. The molecule has 0 aliphatic rings. The van der Waals surface area contributed by atoms with Gasteiger partial charge >= 0.3 is 0 Å². The summed E-state index contributed by atoms with van der Waals surface area (Å²) >= 11 is 0. The van der Waals surface area contributed by atoms with Crippen LogP contribution in [0.4, 0.5) is 0 Å². The van der Waals surface area contributed by atoms with Gasteiger partial charge in [0.2, 0.25) is 0 Å².